The van der Waals surface area contributed by atoms with Crippen molar-refractivity contribution in [1.29, 1.82) is 0 Å². The predicted molar refractivity (Wildman–Crippen MR) is 132 cm³/mol. The van der Waals surface area contributed by atoms with Gasteiger partial charge in [0.05, 0.1) is 11.5 Å². The fraction of sp³-hybridized carbons (Fsp3) is 0.154. The number of para-hydroxylation sites is 1. The summed E-state index contributed by atoms with van der Waals surface area (Å²) < 4.78 is 1.98. The molecule has 0 bridgehead atoms. The van der Waals surface area contributed by atoms with Crippen LogP contribution in [0.5, 0.6) is 0 Å². The first kappa shape index (κ1) is 21.2. The van der Waals surface area contributed by atoms with E-state index in [1.54, 1.807) is 0 Å². The number of thioether (sulfide) groups is 1. The quantitative estimate of drug-likeness (QED) is 0.334. The third-order valence-electron chi connectivity index (χ3n) is 5.52. The molecule has 0 fully saturated rings. The largest absolute Gasteiger partial charge is 0.272 e. The number of fused-ring (bicyclic) bond motifs is 1. The van der Waals surface area contributed by atoms with E-state index in [1.165, 1.54) is 17.3 Å². The van der Waals surface area contributed by atoms with E-state index < -0.39 is 0 Å². The third-order valence-corrected chi connectivity index (χ3v) is 6.44. The highest BCUT2D eigenvalue weighted by Crippen LogP contribution is 2.28. The Labute approximate surface area is 196 Å². The number of hydrazone groups is 1. The normalized spacial score (nSPS) is 14.1. The Morgan fingerprint density at radius 3 is 2.45 bits per heavy atom. The number of hydrogen-bond donors (Lipinski definition) is 1. The van der Waals surface area contributed by atoms with Gasteiger partial charge >= 0.3 is 0 Å². The van der Waals surface area contributed by atoms with Crippen molar-refractivity contribution in [2.75, 3.05) is 5.75 Å². The van der Waals surface area contributed by atoms with Crippen molar-refractivity contribution in [2.45, 2.75) is 24.4 Å². The van der Waals surface area contributed by atoms with E-state index in [0.717, 1.165) is 47.6 Å². The summed E-state index contributed by atoms with van der Waals surface area (Å²) in [5.74, 6) is 0.765. The van der Waals surface area contributed by atoms with E-state index in [4.69, 9.17) is 0 Å². The molecule has 1 heterocycles. The SMILES string of the molecule is O=C(CSc1nnc(-c2ccccc2)n1-c1ccccc1)N/N=C1/CCCc2ccccc21. The minimum atomic E-state index is -0.167. The van der Waals surface area contributed by atoms with Gasteiger partial charge in [-0.05, 0) is 37.0 Å². The van der Waals surface area contributed by atoms with Gasteiger partial charge in [-0.3, -0.25) is 9.36 Å². The fourth-order valence-corrected chi connectivity index (χ4v) is 4.70. The van der Waals surface area contributed by atoms with Crippen LogP contribution >= 0.6 is 11.8 Å². The summed E-state index contributed by atoms with van der Waals surface area (Å²) in [5, 5.41) is 13.9. The van der Waals surface area contributed by atoms with Crippen LogP contribution in [0.3, 0.4) is 0 Å². The highest BCUT2D eigenvalue weighted by molar-refractivity contribution is 7.99. The van der Waals surface area contributed by atoms with Crippen molar-refractivity contribution in [3.05, 3.63) is 96.1 Å². The molecule has 3 aromatic carbocycles. The number of aromatic nitrogens is 3. The molecular weight excluding hydrogens is 430 g/mol. The van der Waals surface area contributed by atoms with Gasteiger partial charge in [-0.15, -0.1) is 10.2 Å². The van der Waals surface area contributed by atoms with Gasteiger partial charge in [-0.2, -0.15) is 5.10 Å². The summed E-state index contributed by atoms with van der Waals surface area (Å²) in [6, 6.07) is 28.1. The fourth-order valence-electron chi connectivity index (χ4n) is 3.96. The van der Waals surface area contributed by atoms with Crippen molar-refractivity contribution >= 4 is 23.4 Å². The second-order valence-electron chi connectivity index (χ2n) is 7.74. The average Bonchev–Trinajstić information content (AvgIpc) is 3.31. The van der Waals surface area contributed by atoms with Gasteiger partial charge in [0.1, 0.15) is 0 Å². The zero-order valence-electron chi connectivity index (χ0n) is 18.0. The number of carbonyl (C=O) groups excluding carboxylic acids is 1. The van der Waals surface area contributed by atoms with E-state index in [-0.39, 0.29) is 11.7 Å². The first-order valence-corrected chi connectivity index (χ1v) is 11.9. The predicted octanol–water partition coefficient (Wildman–Crippen LogP) is 4.88. The van der Waals surface area contributed by atoms with Crippen LogP contribution < -0.4 is 5.43 Å². The zero-order valence-corrected chi connectivity index (χ0v) is 18.8. The van der Waals surface area contributed by atoms with Gasteiger partial charge in [-0.25, -0.2) is 5.43 Å². The van der Waals surface area contributed by atoms with E-state index in [0.29, 0.717) is 5.16 Å². The molecular formula is C26H23N5OS. The molecule has 0 unspecified atom stereocenters. The monoisotopic (exact) mass is 453 g/mol. The summed E-state index contributed by atoms with van der Waals surface area (Å²) in [6.07, 6.45) is 2.97. The molecule has 33 heavy (non-hydrogen) atoms. The molecule has 0 atom stereocenters. The zero-order chi connectivity index (χ0) is 22.5. The standard InChI is InChI=1S/C26H23N5OS/c32-24(28-27-23-17-9-13-19-10-7-8-16-22(19)23)18-33-26-30-29-25(20-11-3-1-4-12-20)31(26)21-14-5-2-6-15-21/h1-8,10-12,14-16H,9,13,17-18H2,(H,28,32)/b27-23-. The molecule has 0 saturated heterocycles. The Morgan fingerprint density at radius 2 is 1.64 bits per heavy atom. The van der Waals surface area contributed by atoms with Gasteiger partial charge in [0, 0.05) is 16.8 Å². The van der Waals surface area contributed by atoms with Gasteiger partial charge in [0.2, 0.25) is 0 Å². The molecule has 0 aliphatic heterocycles. The van der Waals surface area contributed by atoms with Crippen LogP contribution in [0.2, 0.25) is 0 Å². The summed E-state index contributed by atoms with van der Waals surface area (Å²) >= 11 is 1.35. The van der Waals surface area contributed by atoms with Crippen LogP contribution in [0.4, 0.5) is 0 Å². The van der Waals surface area contributed by atoms with E-state index >= 15 is 0 Å². The number of rotatable bonds is 6. The lowest BCUT2D eigenvalue weighted by molar-refractivity contribution is -0.118. The maximum absolute atomic E-state index is 12.6. The first-order valence-electron chi connectivity index (χ1n) is 10.9. The van der Waals surface area contributed by atoms with Gasteiger partial charge in [0.25, 0.3) is 5.91 Å². The maximum Gasteiger partial charge on any atom is 0.250 e. The van der Waals surface area contributed by atoms with Crippen LogP contribution in [0.1, 0.15) is 24.0 Å². The molecule has 1 N–H and O–H groups in total. The van der Waals surface area contributed by atoms with Crippen LogP contribution in [-0.4, -0.2) is 32.1 Å². The first-order chi connectivity index (χ1) is 16.3. The minimum absolute atomic E-state index is 0.167. The summed E-state index contributed by atoms with van der Waals surface area (Å²) in [4.78, 5) is 12.6. The van der Waals surface area contributed by atoms with E-state index in [9.17, 15) is 4.79 Å². The Kier molecular flexibility index (Phi) is 6.30. The summed E-state index contributed by atoms with van der Waals surface area (Å²) in [5.41, 5.74) is 8.00. The third kappa shape index (κ3) is 4.73. The lowest BCUT2D eigenvalue weighted by atomic mass is 9.90. The Morgan fingerprint density at radius 1 is 0.909 bits per heavy atom. The van der Waals surface area contributed by atoms with Crippen molar-refractivity contribution in [1.82, 2.24) is 20.2 Å². The number of hydrogen-bond acceptors (Lipinski definition) is 5. The second kappa shape index (κ2) is 9.83. The number of nitrogens with one attached hydrogen (secondary N) is 1. The Balaban J connectivity index is 1.33. The van der Waals surface area contributed by atoms with Crippen LogP contribution in [0.15, 0.2) is 95.2 Å². The number of aryl methyl sites for hydroxylation is 1. The molecule has 5 rings (SSSR count). The molecule has 164 valence electrons. The Hall–Kier alpha value is -3.71. The lowest BCUT2D eigenvalue weighted by Gasteiger charge is -2.17. The van der Waals surface area contributed by atoms with Gasteiger partial charge in [-0.1, -0.05) is 84.6 Å². The molecule has 0 radical (unpaired) electrons. The maximum atomic E-state index is 12.6. The van der Waals surface area contributed by atoms with Gasteiger partial charge < -0.3 is 0 Å². The number of nitrogens with zero attached hydrogens (tertiary/aromatic N) is 4. The second-order valence-corrected chi connectivity index (χ2v) is 8.68. The summed E-state index contributed by atoms with van der Waals surface area (Å²) in [6.45, 7) is 0. The van der Waals surface area contributed by atoms with Crippen LogP contribution in [0, 0.1) is 0 Å². The summed E-state index contributed by atoms with van der Waals surface area (Å²) in [7, 11) is 0. The number of benzene rings is 3. The number of amides is 1. The van der Waals surface area contributed by atoms with Crippen molar-refractivity contribution in [3.8, 4) is 17.1 Å². The number of carbonyl (C=O) groups is 1. The molecule has 4 aromatic rings. The van der Waals surface area contributed by atoms with E-state index in [1.807, 2.05) is 77.4 Å². The topological polar surface area (TPSA) is 72.2 Å². The highest BCUT2D eigenvalue weighted by atomic mass is 32.2. The lowest BCUT2D eigenvalue weighted by Crippen LogP contribution is -2.23. The molecule has 1 aliphatic rings. The molecule has 7 heteroatoms. The van der Waals surface area contributed by atoms with Crippen LogP contribution in [-0.2, 0) is 11.2 Å². The van der Waals surface area contributed by atoms with E-state index in [2.05, 4.69) is 32.9 Å². The smallest absolute Gasteiger partial charge is 0.250 e. The van der Waals surface area contributed by atoms with Crippen molar-refractivity contribution < 1.29 is 4.79 Å². The van der Waals surface area contributed by atoms with Crippen molar-refractivity contribution in [3.63, 3.8) is 0 Å². The van der Waals surface area contributed by atoms with Crippen molar-refractivity contribution in [2.24, 2.45) is 5.10 Å². The molecule has 1 aromatic heterocycles. The molecule has 6 nitrogen and oxygen atoms in total. The Bertz CT molecular complexity index is 1280. The average molecular weight is 454 g/mol. The molecule has 1 aliphatic carbocycles. The molecule has 1 amide bonds. The highest BCUT2D eigenvalue weighted by Gasteiger charge is 2.18. The molecule has 0 saturated carbocycles. The minimum Gasteiger partial charge on any atom is -0.272 e. The van der Waals surface area contributed by atoms with Crippen LogP contribution in [0.25, 0.3) is 17.1 Å². The molecule has 0 spiro atoms. The van der Waals surface area contributed by atoms with Gasteiger partial charge in [0.15, 0.2) is 11.0 Å².